The van der Waals surface area contributed by atoms with Crippen molar-refractivity contribution in [3.63, 3.8) is 0 Å². The summed E-state index contributed by atoms with van der Waals surface area (Å²) >= 11 is 0. The average molecular weight is 500 g/mol. The zero-order valence-corrected chi connectivity index (χ0v) is 19.4. The van der Waals surface area contributed by atoms with Gasteiger partial charge in [0.15, 0.2) is 0 Å². The van der Waals surface area contributed by atoms with Gasteiger partial charge in [-0.1, -0.05) is 24.3 Å². The molecule has 0 aliphatic carbocycles. The van der Waals surface area contributed by atoms with Crippen molar-refractivity contribution >= 4 is 35.6 Å². The Kier molecular flexibility index (Phi) is 7.24. The first kappa shape index (κ1) is 25.1. The van der Waals surface area contributed by atoms with E-state index in [2.05, 4.69) is 11.9 Å². The number of carbonyl (C=O) groups is 4. The average Bonchev–Trinajstić information content (AvgIpc) is 2.87. The topological polar surface area (TPSA) is 113 Å². The molecule has 0 atom stereocenters. The van der Waals surface area contributed by atoms with Crippen LogP contribution in [0.2, 0.25) is 0 Å². The number of imide groups is 2. The number of urea groups is 1. The number of amides is 4. The first-order valence-corrected chi connectivity index (χ1v) is 11.1. The number of carboxylic acid groups (broad SMARTS) is 1. The van der Waals surface area contributed by atoms with Crippen molar-refractivity contribution < 1.29 is 33.4 Å². The summed E-state index contributed by atoms with van der Waals surface area (Å²) in [5.41, 5.74) is 2.06. The van der Waals surface area contributed by atoms with Crippen LogP contribution in [0.5, 0.6) is 5.75 Å². The zero-order valence-electron chi connectivity index (χ0n) is 19.4. The normalized spacial score (nSPS) is 14.5. The van der Waals surface area contributed by atoms with Gasteiger partial charge in [-0.15, -0.1) is 6.58 Å². The molecule has 4 rings (SSSR count). The number of barbiturate groups is 1. The van der Waals surface area contributed by atoms with Crippen LogP contribution in [0.1, 0.15) is 27.0 Å². The van der Waals surface area contributed by atoms with Crippen molar-refractivity contribution in [2.24, 2.45) is 0 Å². The Morgan fingerprint density at radius 3 is 2.38 bits per heavy atom. The summed E-state index contributed by atoms with van der Waals surface area (Å²) in [5.74, 6) is -2.68. The molecule has 3 aromatic rings. The maximum Gasteiger partial charge on any atom is 0.335 e. The lowest BCUT2D eigenvalue weighted by Crippen LogP contribution is -2.54. The van der Waals surface area contributed by atoms with Gasteiger partial charge in [0.1, 0.15) is 23.7 Å². The molecule has 0 aromatic heterocycles. The second kappa shape index (κ2) is 10.7. The van der Waals surface area contributed by atoms with Crippen LogP contribution in [-0.4, -0.2) is 28.9 Å². The number of carboxylic acids is 1. The molecule has 1 saturated heterocycles. The quantitative estimate of drug-likeness (QED) is 0.268. The fourth-order valence-electron chi connectivity index (χ4n) is 3.70. The Bertz CT molecular complexity index is 1430. The predicted molar refractivity (Wildman–Crippen MR) is 133 cm³/mol. The van der Waals surface area contributed by atoms with Gasteiger partial charge in [0.25, 0.3) is 11.8 Å². The summed E-state index contributed by atoms with van der Waals surface area (Å²) in [7, 11) is 0. The number of nitrogens with zero attached hydrogens (tertiary/aromatic N) is 1. The largest absolute Gasteiger partial charge is 0.489 e. The number of ether oxygens (including phenoxy) is 1. The molecule has 37 heavy (non-hydrogen) atoms. The van der Waals surface area contributed by atoms with Gasteiger partial charge in [-0.2, -0.15) is 0 Å². The third kappa shape index (κ3) is 5.62. The molecular formula is C28H21FN2O6. The molecule has 0 bridgehead atoms. The van der Waals surface area contributed by atoms with Crippen LogP contribution in [0, 0.1) is 5.82 Å². The summed E-state index contributed by atoms with van der Waals surface area (Å²) in [4.78, 5) is 49.6. The molecule has 2 N–H and O–H groups in total. The maximum atomic E-state index is 13.3. The number of aromatic carboxylic acids is 1. The lowest BCUT2D eigenvalue weighted by Gasteiger charge is -2.26. The SMILES string of the molecule is C=CCc1cc(/C=C2\C(=O)NC(=O)N(c3ccc(F)cc3)C2=O)ccc1OCc1ccc(C(=O)O)cc1. The Balaban J connectivity index is 1.58. The molecule has 1 fully saturated rings. The predicted octanol–water partition coefficient (Wildman–Crippen LogP) is 4.50. The molecule has 1 heterocycles. The Morgan fingerprint density at radius 1 is 1.03 bits per heavy atom. The monoisotopic (exact) mass is 500 g/mol. The standard InChI is InChI=1S/C28H21FN2O6/c1-2-3-20-14-18(6-13-24(20)37-16-17-4-7-19(8-5-17)27(34)35)15-23-25(32)30-28(36)31(26(23)33)22-11-9-21(29)10-12-22/h2,4-15H,1,3,16H2,(H,34,35)(H,30,32,36)/b23-15+. The summed E-state index contributed by atoms with van der Waals surface area (Å²) in [6.07, 6.45) is 3.47. The van der Waals surface area contributed by atoms with E-state index in [-0.39, 0.29) is 23.4 Å². The van der Waals surface area contributed by atoms with E-state index in [1.807, 2.05) is 0 Å². The van der Waals surface area contributed by atoms with E-state index in [0.717, 1.165) is 28.2 Å². The number of allylic oxidation sites excluding steroid dienone is 1. The lowest BCUT2D eigenvalue weighted by atomic mass is 10.0. The van der Waals surface area contributed by atoms with Crippen molar-refractivity contribution in [1.29, 1.82) is 0 Å². The molecule has 0 saturated carbocycles. The van der Waals surface area contributed by atoms with E-state index in [9.17, 15) is 23.6 Å². The van der Waals surface area contributed by atoms with Crippen molar-refractivity contribution in [1.82, 2.24) is 5.32 Å². The van der Waals surface area contributed by atoms with Crippen LogP contribution in [0.15, 0.2) is 85.0 Å². The fourth-order valence-corrected chi connectivity index (χ4v) is 3.70. The number of benzene rings is 3. The molecule has 3 aromatic carbocycles. The molecule has 4 amide bonds. The summed E-state index contributed by atoms with van der Waals surface area (Å²) in [6, 6.07) is 15.2. The zero-order chi connectivity index (χ0) is 26.5. The number of hydrogen-bond acceptors (Lipinski definition) is 5. The van der Waals surface area contributed by atoms with Gasteiger partial charge >= 0.3 is 12.0 Å². The van der Waals surface area contributed by atoms with E-state index < -0.39 is 29.6 Å². The number of nitrogens with one attached hydrogen (secondary N) is 1. The minimum absolute atomic E-state index is 0.120. The number of anilines is 1. The van der Waals surface area contributed by atoms with E-state index >= 15 is 0 Å². The first-order valence-electron chi connectivity index (χ1n) is 11.1. The Morgan fingerprint density at radius 2 is 1.73 bits per heavy atom. The third-order valence-corrected chi connectivity index (χ3v) is 5.54. The molecule has 1 aliphatic rings. The van der Waals surface area contributed by atoms with Gasteiger partial charge in [0, 0.05) is 0 Å². The lowest BCUT2D eigenvalue weighted by molar-refractivity contribution is -0.122. The highest BCUT2D eigenvalue weighted by Gasteiger charge is 2.36. The number of hydrogen-bond donors (Lipinski definition) is 2. The molecule has 1 aliphatic heterocycles. The van der Waals surface area contributed by atoms with Crippen molar-refractivity contribution in [3.8, 4) is 5.75 Å². The van der Waals surface area contributed by atoms with Crippen LogP contribution in [0.4, 0.5) is 14.9 Å². The molecule has 0 spiro atoms. The van der Waals surface area contributed by atoms with Gasteiger partial charge in [-0.3, -0.25) is 14.9 Å². The van der Waals surface area contributed by atoms with Crippen molar-refractivity contribution in [3.05, 3.63) is 113 Å². The summed E-state index contributed by atoms with van der Waals surface area (Å²) in [5, 5.41) is 11.2. The number of carbonyl (C=O) groups excluding carboxylic acids is 3. The second-order valence-electron chi connectivity index (χ2n) is 8.08. The van der Waals surface area contributed by atoms with Gasteiger partial charge in [0.05, 0.1) is 11.3 Å². The minimum Gasteiger partial charge on any atom is -0.489 e. The third-order valence-electron chi connectivity index (χ3n) is 5.54. The summed E-state index contributed by atoms with van der Waals surface area (Å²) < 4.78 is 19.2. The van der Waals surface area contributed by atoms with Gasteiger partial charge in [0.2, 0.25) is 0 Å². The smallest absolute Gasteiger partial charge is 0.335 e. The molecule has 0 radical (unpaired) electrons. The summed E-state index contributed by atoms with van der Waals surface area (Å²) in [6.45, 7) is 3.95. The second-order valence-corrected chi connectivity index (χ2v) is 8.08. The van der Waals surface area contributed by atoms with E-state index in [0.29, 0.717) is 17.7 Å². The van der Waals surface area contributed by atoms with Gasteiger partial charge in [-0.05, 0) is 77.7 Å². The highest BCUT2D eigenvalue weighted by molar-refractivity contribution is 6.39. The highest BCUT2D eigenvalue weighted by Crippen LogP contribution is 2.26. The van der Waals surface area contributed by atoms with Crippen LogP contribution in [-0.2, 0) is 22.6 Å². The van der Waals surface area contributed by atoms with Crippen molar-refractivity contribution in [2.45, 2.75) is 13.0 Å². The van der Waals surface area contributed by atoms with E-state index in [1.165, 1.54) is 30.3 Å². The maximum absolute atomic E-state index is 13.3. The van der Waals surface area contributed by atoms with Gasteiger partial charge in [-0.25, -0.2) is 18.9 Å². The van der Waals surface area contributed by atoms with Crippen LogP contribution < -0.4 is 15.0 Å². The Labute approximate surface area is 211 Å². The molecule has 8 nitrogen and oxygen atoms in total. The van der Waals surface area contributed by atoms with E-state index in [4.69, 9.17) is 9.84 Å². The molecular weight excluding hydrogens is 479 g/mol. The number of rotatable bonds is 8. The minimum atomic E-state index is -1.01. The van der Waals surface area contributed by atoms with Crippen LogP contribution in [0.3, 0.4) is 0 Å². The fraction of sp³-hybridized carbons (Fsp3) is 0.0714. The van der Waals surface area contributed by atoms with Crippen molar-refractivity contribution in [2.75, 3.05) is 4.90 Å². The first-order chi connectivity index (χ1) is 17.8. The molecule has 0 unspecified atom stereocenters. The Hall–Kier alpha value is -5.05. The highest BCUT2D eigenvalue weighted by atomic mass is 19.1. The van der Waals surface area contributed by atoms with Gasteiger partial charge < -0.3 is 9.84 Å². The molecule has 9 heteroatoms. The van der Waals surface area contributed by atoms with E-state index in [1.54, 1.807) is 36.4 Å². The van der Waals surface area contributed by atoms with Crippen LogP contribution >= 0.6 is 0 Å². The number of halogens is 1. The van der Waals surface area contributed by atoms with Crippen LogP contribution in [0.25, 0.3) is 6.08 Å². The molecule has 186 valence electrons.